The average Bonchev–Trinajstić information content (AvgIpc) is 2.59. The van der Waals surface area contributed by atoms with E-state index in [1.165, 1.54) is 0 Å². The summed E-state index contributed by atoms with van der Waals surface area (Å²) in [6, 6.07) is 0. The molecule has 0 unspecified atom stereocenters. The largest absolute Gasteiger partial charge is 0.462 e. The molecular formula is C8H12N2O3. The minimum atomic E-state index is -0.318. The maximum absolute atomic E-state index is 10.1. The number of ether oxygens (including phenoxy) is 1. The van der Waals surface area contributed by atoms with Crippen LogP contribution in [0, 0.1) is 0 Å². The summed E-state index contributed by atoms with van der Waals surface area (Å²) >= 11 is 0. The first-order valence-corrected chi connectivity index (χ1v) is 3.87. The molecule has 0 fully saturated rings. The molecule has 1 N–H and O–H groups in total. The van der Waals surface area contributed by atoms with Crippen LogP contribution in [0.5, 0.6) is 0 Å². The second-order valence-corrected chi connectivity index (χ2v) is 3.65. The molecule has 13 heavy (non-hydrogen) atoms. The number of hydrogen-bond donors (Lipinski definition) is 1. The van der Waals surface area contributed by atoms with Gasteiger partial charge in [-0.2, -0.15) is 0 Å². The SMILES string of the molecule is CC(C)(C)OC=O.O=c1[nH]n2cc1-2. The fraction of sp³-hybridized carbons (Fsp3) is 0.500. The Balaban J connectivity index is 0.000000130. The van der Waals surface area contributed by atoms with Crippen molar-refractivity contribution in [2.45, 2.75) is 26.4 Å². The van der Waals surface area contributed by atoms with Gasteiger partial charge in [0.25, 0.3) is 12.0 Å². The van der Waals surface area contributed by atoms with Gasteiger partial charge in [-0.3, -0.25) is 19.4 Å². The lowest BCUT2D eigenvalue weighted by Crippen LogP contribution is -2.17. The maximum atomic E-state index is 10.1. The highest BCUT2D eigenvalue weighted by molar-refractivity contribution is 5.38. The van der Waals surface area contributed by atoms with Gasteiger partial charge in [0.15, 0.2) is 0 Å². The highest BCUT2D eigenvalue weighted by Crippen LogP contribution is 2.09. The molecule has 0 spiro atoms. The van der Waals surface area contributed by atoms with E-state index in [4.69, 9.17) is 0 Å². The summed E-state index contributed by atoms with van der Waals surface area (Å²) < 4.78 is 6.23. The van der Waals surface area contributed by atoms with Crippen molar-refractivity contribution in [1.82, 2.24) is 9.78 Å². The van der Waals surface area contributed by atoms with Crippen LogP contribution in [0.25, 0.3) is 5.69 Å². The van der Waals surface area contributed by atoms with Gasteiger partial charge in [0.2, 0.25) is 0 Å². The predicted molar refractivity (Wildman–Crippen MR) is 46.8 cm³/mol. The molecule has 0 aromatic rings. The van der Waals surface area contributed by atoms with Crippen LogP contribution in [0.4, 0.5) is 0 Å². The van der Waals surface area contributed by atoms with E-state index in [9.17, 15) is 9.59 Å². The molecule has 0 saturated carbocycles. The highest BCUT2D eigenvalue weighted by Gasteiger charge is 2.17. The minimum Gasteiger partial charge on any atom is -0.462 e. The number of rotatable bonds is 1. The summed E-state index contributed by atoms with van der Waals surface area (Å²) in [6.45, 7) is 5.92. The molecule has 0 aromatic heterocycles. The molecule has 0 amide bonds. The highest BCUT2D eigenvalue weighted by atomic mass is 16.5. The van der Waals surface area contributed by atoms with Crippen molar-refractivity contribution in [2.75, 3.05) is 0 Å². The van der Waals surface area contributed by atoms with E-state index in [-0.39, 0.29) is 11.2 Å². The van der Waals surface area contributed by atoms with E-state index < -0.39 is 0 Å². The summed E-state index contributed by atoms with van der Waals surface area (Å²) in [5.41, 5.74) is 0.548. The van der Waals surface area contributed by atoms with E-state index in [0.29, 0.717) is 6.47 Å². The Morgan fingerprint density at radius 3 is 2.15 bits per heavy atom. The molecule has 0 aliphatic carbocycles. The summed E-state index contributed by atoms with van der Waals surface area (Å²) in [5, 5.41) is 2.48. The van der Waals surface area contributed by atoms with Crippen molar-refractivity contribution in [3.8, 4) is 5.69 Å². The van der Waals surface area contributed by atoms with Gasteiger partial charge < -0.3 is 4.74 Å². The van der Waals surface area contributed by atoms with Crippen LogP contribution in [-0.2, 0) is 9.53 Å². The Hall–Kier alpha value is -1.52. The number of carbonyl (C=O) groups is 1. The van der Waals surface area contributed by atoms with Gasteiger partial charge in [-0.25, -0.2) is 0 Å². The van der Waals surface area contributed by atoms with Crippen molar-refractivity contribution >= 4 is 6.47 Å². The second-order valence-electron chi connectivity index (χ2n) is 3.65. The number of nitrogens with one attached hydrogen (secondary N) is 1. The minimum absolute atomic E-state index is 0.0509. The van der Waals surface area contributed by atoms with Gasteiger partial charge >= 0.3 is 0 Å². The Labute approximate surface area is 75.3 Å². The number of aromatic nitrogens is 2. The monoisotopic (exact) mass is 184 g/mol. The molecule has 0 aromatic carbocycles. The van der Waals surface area contributed by atoms with E-state index in [1.807, 2.05) is 20.8 Å². The Morgan fingerprint density at radius 1 is 1.54 bits per heavy atom. The normalized spacial score (nSPS) is 11.3. The fourth-order valence-corrected chi connectivity index (χ4v) is 0.612. The van der Waals surface area contributed by atoms with Crippen LogP contribution in [0.3, 0.4) is 0 Å². The molecule has 0 atom stereocenters. The number of aromatic amines is 1. The molecule has 5 heteroatoms. The Kier molecular flexibility index (Phi) is 2.27. The molecule has 2 rings (SSSR count). The van der Waals surface area contributed by atoms with Gasteiger partial charge in [-0.15, -0.1) is 0 Å². The Morgan fingerprint density at radius 2 is 2.15 bits per heavy atom. The van der Waals surface area contributed by atoms with Crippen LogP contribution >= 0.6 is 0 Å². The first kappa shape index (κ1) is 9.57. The van der Waals surface area contributed by atoms with Crippen molar-refractivity contribution < 1.29 is 9.53 Å². The van der Waals surface area contributed by atoms with Gasteiger partial charge in [-0.05, 0) is 20.8 Å². The summed E-state index contributed by atoms with van der Waals surface area (Å²) in [4.78, 5) is 19.6. The number of nitrogens with zero attached hydrogens (tertiary/aromatic N) is 1. The molecule has 0 saturated heterocycles. The standard InChI is InChI=1S/C5H10O2.C3H2N2O/c1-5(2,3)7-4-6;6-3-2-1-5(2)4-3/h4H,1-3H3;1H,(H,4,6). The zero-order chi connectivity index (χ0) is 10.1. The zero-order valence-corrected chi connectivity index (χ0v) is 7.83. The zero-order valence-electron chi connectivity index (χ0n) is 7.83. The van der Waals surface area contributed by atoms with Gasteiger partial charge in [-0.1, -0.05) is 0 Å². The summed E-state index contributed by atoms with van der Waals surface area (Å²) in [7, 11) is 0. The second kappa shape index (κ2) is 3.08. The van der Waals surface area contributed by atoms with E-state index in [1.54, 1.807) is 10.9 Å². The quantitative estimate of drug-likeness (QED) is 0.654. The molecule has 5 nitrogen and oxygen atoms in total. The van der Waals surface area contributed by atoms with E-state index in [0.717, 1.165) is 5.69 Å². The van der Waals surface area contributed by atoms with Gasteiger partial charge in [0.05, 0.1) is 6.20 Å². The van der Waals surface area contributed by atoms with Gasteiger partial charge in [0.1, 0.15) is 11.3 Å². The van der Waals surface area contributed by atoms with Crippen molar-refractivity contribution in [2.24, 2.45) is 0 Å². The third-order valence-corrected chi connectivity index (χ3v) is 1.30. The molecular weight excluding hydrogens is 172 g/mol. The third kappa shape index (κ3) is 2.77. The summed E-state index contributed by atoms with van der Waals surface area (Å²) in [6.07, 6.45) is 1.75. The number of fused-ring (bicyclic) bond motifs is 1. The maximum Gasteiger partial charge on any atom is 0.293 e. The molecule has 2 aliphatic heterocycles. The van der Waals surface area contributed by atoms with E-state index in [2.05, 4.69) is 9.84 Å². The smallest absolute Gasteiger partial charge is 0.293 e. The van der Waals surface area contributed by atoms with Crippen LogP contribution in [0.2, 0.25) is 0 Å². The number of H-pyrrole nitrogens is 1. The molecule has 72 valence electrons. The summed E-state index contributed by atoms with van der Waals surface area (Å²) in [5.74, 6) is 0. The lowest BCUT2D eigenvalue weighted by atomic mass is 10.2. The molecule has 2 aliphatic rings. The Bertz CT molecular complexity index is 356. The topological polar surface area (TPSA) is 64.1 Å². The van der Waals surface area contributed by atoms with E-state index >= 15 is 0 Å². The van der Waals surface area contributed by atoms with Crippen LogP contribution in [0.15, 0.2) is 11.0 Å². The lowest BCUT2D eigenvalue weighted by molar-refractivity contribution is -0.138. The average molecular weight is 184 g/mol. The van der Waals surface area contributed by atoms with Crippen LogP contribution in [0.1, 0.15) is 20.8 Å². The van der Waals surface area contributed by atoms with Crippen LogP contribution in [-0.4, -0.2) is 21.9 Å². The third-order valence-electron chi connectivity index (χ3n) is 1.30. The molecule has 0 radical (unpaired) electrons. The van der Waals surface area contributed by atoms with Crippen molar-refractivity contribution in [1.29, 1.82) is 0 Å². The van der Waals surface area contributed by atoms with Gasteiger partial charge in [0, 0.05) is 0 Å². The molecule has 0 bridgehead atoms. The first-order chi connectivity index (χ1) is 5.94. The van der Waals surface area contributed by atoms with Crippen LogP contribution < -0.4 is 5.56 Å². The number of carbonyl (C=O) groups excluding carboxylic acids is 1. The predicted octanol–water partition coefficient (Wildman–Crippen LogP) is 0.437. The number of hydrogen-bond acceptors (Lipinski definition) is 3. The van der Waals surface area contributed by atoms with Crippen molar-refractivity contribution in [3.05, 3.63) is 16.6 Å². The first-order valence-electron chi connectivity index (χ1n) is 3.87. The molecule has 2 heterocycles. The fourth-order valence-electron chi connectivity index (χ4n) is 0.612. The lowest BCUT2D eigenvalue weighted by Gasteiger charge is -2.14. The van der Waals surface area contributed by atoms with Crippen molar-refractivity contribution in [3.63, 3.8) is 0 Å².